The van der Waals surface area contributed by atoms with Gasteiger partial charge in [0.25, 0.3) is 0 Å². The molecule has 0 radical (unpaired) electrons. The molecule has 0 bridgehead atoms. The molecule has 1 fully saturated rings. The fourth-order valence-electron chi connectivity index (χ4n) is 1.86. The fourth-order valence-corrected chi connectivity index (χ4v) is 1.86. The number of piperazine rings is 1. The zero-order valence-electron chi connectivity index (χ0n) is 11.5. The second-order valence-electron chi connectivity index (χ2n) is 4.92. The number of allylic oxidation sites excluding steroid dienone is 2. The summed E-state index contributed by atoms with van der Waals surface area (Å²) in [4.78, 5) is 4.76. The Balaban J connectivity index is 1.99. The highest BCUT2D eigenvalue weighted by atomic mass is 19.1. The monoisotopic (exact) mass is 256 g/mol. The van der Waals surface area contributed by atoms with Crippen LogP contribution >= 0.6 is 0 Å². The molecule has 1 aliphatic heterocycles. The van der Waals surface area contributed by atoms with E-state index in [0.29, 0.717) is 6.33 Å². The minimum absolute atomic E-state index is 0.229. The van der Waals surface area contributed by atoms with Crippen molar-refractivity contribution in [2.45, 2.75) is 13.3 Å². The minimum Gasteiger partial charge on any atom is -0.500 e. The van der Waals surface area contributed by atoms with Gasteiger partial charge in [-0.3, -0.25) is 4.90 Å². The third-order valence-corrected chi connectivity index (χ3v) is 3.22. The molecule has 0 N–H and O–H groups in total. The van der Waals surface area contributed by atoms with Crippen LogP contribution in [0.5, 0.6) is 0 Å². The van der Waals surface area contributed by atoms with Gasteiger partial charge in [0.1, 0.15) is 0 Å². The van der Waals surface area contributed by atoms with Gasteiger partial charge in [-0.15, -0.1) is 0 Å². The zero-order chi connectivity index (χ0) is 13.2. The number of hydrogen-bond donors (Lipinski definition) is 0. The van der Waals surface area contributed by atoms with E-state index in [2.05, 4.69) is 16.8 Å². The second-order valence-corrected chi connectivity index (χ2v) is 4.92. The Morgan fingerprint density at radius 3 is 2.67 bits per heavy atom. The van der Waals surface area contributed by atoms with Gasteiger partial charge in [0.05, 0.1) is 19.2 Å². The van der Waals surface area contributed by atoms with Gasteiger partial charge in [-0.25, -0.2) is 4.39 Å². The van der Waals surface area contributed by atoms with Crippen LogP contribution in [-0.4, -0.2) is 56.2 Å². The van der Waals surface area contributed by atoms with Crippen molar-refractivity contribution in [3.63, 3.8) is 0 Å². The van der Waals surface area contributed by atoms with Gasteiger partial charge in [-0.05, 0) is 25.5 Å². The Morgan fingerprint density at radius 2 is 2.00 bits per heavy atom. The predicted molar refractivity (Wildman–Crippen MR) is 73.1 cm³/mol. The summed E-state index contributed by atoms with van der Waals surface area (Å²) in [7, 11) is 2.16. The number of likely N-dealkylation sites (N-methyl/N-ethyl adjacent to an activating group) is 1. The van der Waals surface area contributed by atoms with Crippen LogP contribution in [0.4, 0.5) is 4.39 Å². The molecule has 0 aromatic rings. The molecule has 0 spiro atoms. The predicted octanol–water partition coefficient (Wildman–Crippen LogP) is 2.27. The van der Waals surface area contributed by atoms with E-state index in [0.717, 1.165) is 45.8 Å². The molecular formula is C14H25FN2O. The number of halogens is 1. The Labute approximate surface area is 110 Å². The molecule has 1 atom stereocenters. The summed E-state index contributed by atoms with van der Waals surface area (Å²) in [5.41, 5.74) is 0. The van der Waals surface area contributed by atoms with Crippen molar-refractivity contribution in [2.24, 2.45) is 5.92 Å². The Kier molecular flexibility index (Phi) is 7.69. The van der Waals surface area contributed by atoms with Crippen LogP contribution in [0.1, 0.15) is 13.3 Å². The van der Waals surface area contributed by atoms with Gasteiger partial charge >= 0.3 is 0 Å². The average Bonchev–Trinajstić information content (AvgIpc) is 2.36. The molecule has 0 aromatic carbocycles. The van der Waals surface area contributed by atoms with E-state index in [1.54, 1.807) is 12.3 Å². The molecule has 0 saturated carbocycles. The lowest BCUT2D eigenvalue weighted by molar-refractivity contribution is 0.121. The Hall–Kier alpha value is -0.870. The third kappa shape index (κ3) is 6.77. The van der Waals surface area contributed by atoms with Crippen molar-refractivity contribution < 1.29 is 9.13 Å². The summed E-state index contributed by atoms with van der Waals surface area (Å²) >= 11 is 0. The second kappa shape index (κ2) is 9.11. The SMILES string of the molecule is CC(/C=C/F)C/C=C/OCCN1CCN(C)CC1. The maximum absolute atomic E-state index is 11.9. The minimum atomic E-state index is 0.229. The largest absolute Gasteiger partial charge is 0.500 e. The highest BCUT2D eigenvalue weighted by Crippen LogP contribution is 2.04. The van der Waals surface area contributed by atoms with E-state index in [1.165, 1.54) is 0 Å². The summed E-state index contributed by atoms with van der Waals surface area (Å²) in [5, 5.41) is 0. The van der Waals surface area contributed by atoms with Crippen LogP contribution < -0.4 is 0 Å². The molecular weight excluding hydrogens is 231 g/mol. The summed E-state index contributed by atoms with van der Waals surface area (Å²) in [6.07, 6.45) is 6.66. The van der Waals surface area contributed by atoms with Crippen LogP contribution in [0.2, 0.25) is 0 Å². The first-order chi connectivity index (χ1) is 8.72. The topological polar surface area (TPSA) is 15.7 Å². The van der Waals surface area contributed by atoms with Gasteiger partial charge < -0.3 is 9.64 Å². The Bertz CT molecular complexity index is 261. The zero-order valence-corrected chi connectivity index (χ0v) is 11.5. The smallest absolute Gasteiger partial charge is 0.1000 e. The quantitative estimate of drug-likeness (QED) is 0.513. The van der Waals surface area contributed by atoms with E-state index in [-0.39, 0.29) is 5.92 Å². The number of hydrogen-bond acceptors (Lipinski definition) is 3. The standard InChI is InChI=1S/C14H25FN2O/c1-14(5-6-15)4-3-12-18-13-11-17-9-7-16(2)8-10-17/h3,5-6,12,14H,4,7-11,13H2,1-2H3/b6-5+,12-3+. The summed E-state index contributed by atoms with van der Waals surface area (Å²) in [6, 6.07) is 0. The molecule has 0 aliphatic carbocycles. The van der Waals surface area contributed by atoms with Crippen molar-refractivity contribution in [2.75, 3.05) is 46.4 Å². The molecule has 104 valence electrons. The molecule has 18 heavy (non-hydrogen) atoms. The van der Waals surface area contributed by atoms with Crippen LogP contribution in [-0.2, 0) is 4.74 Å². The molecule has 4 heteroatoms. The molecule has 3 nitrogen and oxygen atoms in total. The normalized spacial score (nSPS) is 20.8. The summed E-state index contributed by atoms with van der Waals surface area (Å²) in [6.45, 7) is 8.23. The van der Waals surface area contributed by atoms with Crippen molar-refractivity contribution in [3.8, 4) is 0 Å². The van der Waals surface area contributed by atoms with E-state index < -0.39 is 0 Å². The Morgan fingerprint density at radius 1 is 1.28 bits per heavy atom. The van der Waals surface area contributed by atoms with Crippen molar-refractivity contribution in [1.29, 1.82) is 0 Å². The van der Waals surface area contributed by atoms with Crippen LogP contribution in [0.25, 0.3) is 0 Å². The highest BCUT2D eigenvalue weighted by Gasteiger charge is 2.12. The lowest BCUT2D eigenvalue weighted by Crippen LogP contribution is -2.45. The molecule has 1 saturated heterocycles. The van der Waals surface area contributed by atoms with Crippen LogP contribution in [0.3, 0.4) is 0 Å². The van der Waals surface area contributed by atoms with Gasteiger partial charge in [-0.1, -0.05) is 13.0 Å². The highest BCUT2D eigenvalue weighted by molar-refractivity contribution is 4.86. The van der Waals surface area contributed by atoms with E-state index in [9.17, 15) is 4.39 Å². The van der Waals surface area contributed by atoms with Crippen molar-refractivity contribution >= 4 is 0 Å². The van der Waals surface area contributed by atoms with E-state index in [4.69, 9.17) is 4.74 Å². The molecule has 0 amide bonds. The average molecular weight is 256 g/mol. The lowest BCUT2D eigenvalue weighted by atomic mass is 10.1. The molecule has 1 rings (SSSR count). The van der Waals surface area contributed by atoms with Gasteiger partial charge in [0, 0.05) is 32.7 Å². The maximum Gasteiger partial charge on any atom is 0.1000 e. The first-order valence-corrected chi connectivity index (χ1v) is 6.66. The molecule has 1 unspecified atom stereocenters. The first-order valence-electron chi connectivity index (χ1n) is 6.66. The van der Waals surface area contributed by atoms with Gasteiger partial charge in [-0.2, -0.15) is 0 Å². The summed E-state index contributed by atoms with van der Waals surface area (Å²) in [5.74, 6) is 0.229. The van der Waals surface area contributed by atoms with Crippen molar-refractivity contribution in [1.82, 2.24) is 9.80 Å². The van der Waals surface area contributed by atoms with E-state index >= 15 is 0 Å². The first kappa shape index (κ1) is 15.2. The van der Waals surface area contributed by atoms with Crippen LogP contribution in [0, 0.1) is 5.92 Å². The van der Waals surface area contributed by atoms with Crippen molar-refractivity contribution in [3.05, 3.63) is 24.7 Å². The number of ether oxygens (including phenoxy) is 1. The molecule has 1 aliphatic rings. The summed E-state index contributed by atoms with van der Waals surface area (Å²) < 4.78 is 17.3. The lowest BCUT2D eigenvalue weighted by Gasteiger charge is -2.31. The van der Waals surface area contributed by atoms with Crippen LogP contribution in [0.15, 0.2) is 24.7 Å². The molecule has 0 aromatic heterocycles. The third-order valence-electron chi connectivity index (χ3n) is 3.22. The number of nitrogens with zero attached hydrogens (tertiary/aromatic N) is 2. The van der Waals surface area contributed by atoms with E-state index in [1.807, 2.05) is 13.0 Å². The maximum atomic E-state index is 11.9. The fraction of sp³-hybridized carbons (Fsp3) is 0.714. The number of rotatable bonds is 7. The van der Waals surface area contributed by atoms with Gasteiger partial charge in [0.2, 0.25) is 0 Å². The molecule has 1 heterocycles. The van der Waals surface area contributed by atoms with Gasteiger partial charge in [0.15, 0.2) is 0 Å².